The molecule has 0 radical (unpaired) electrons. The molecular weight excluding hydrogens is 232 g/mol. The molecule has 74 valence electrons. The Labute approximate surface area is 89.9 Å². The van der Waals surface area contributed by atoms with Crippen molar-refractivity contribution in [1.82, 2.24) is 0 Å². The Kier molecular flexibility index (Phi) is 2.70. The van der Waals surface area contributed by atoms with Crippen LogP contribution in [0.3, 0.4) is 0 Å². The van der Waals surface area contributed by atoms with E-state index >= 15 is 0 Å². The summed E-state index contributed by atoms with van der Waals surface area (Å²) in [7, 11) is 1.54. The molecule has 0 N–H and O–H groups in total. The van der Waals surface area contributed by atoms with Gasteiger partial charge >= 0.3 is 5.97 Å². The van der Waals surface area contributed by atoms with Crippen LogP contribution in [0.5, 0.6) is 0 Å². The predicted molar refractivity (Wildman–Crippen MR) is 54.2 cm³/mol. The van der Waals surface area contributed by atoms with E-state index in [9.17, 15) is 4.79 Å². The van der Waals surface area contributed by atoms with Crippen molar-refractivity contribution in [3.63, 3.8) is 0 Å². The average molecular weight is 241 g/mol. The van der Waals surface area contributed by atoms with E-state index in [0.29, 0.717) is 0 Å². The highest BCUT2D eigenvalue weighted by molar-refractivity contribution is 8.21. The normalized spacial score (nSPS) is 36.9. The van der Waals surface area contributed by atoms with Crippen LogP contribution < -0.4 is 0 Å². The first-order valence-electron chi connectivity index (χ1n) is 3.86. The largest absolute Gasteiger partial charge is 0.432 e. The van der Waals surface area contributed by atoms with Gasteiger partial charge in [-0.05, 0) is 0 Å². The molecule has 2 heterocycles. The van der Waals surface area contributed by atoms with Crippen LogP contribution in [0.4, 0.5) is 0 Å². The SMILES string of the molecule is COC1OC(=O)C(Cl)C12SCCS2. The maximum Gasteiger partial charge on any atom is 0.329 e. The Hall–Kier alpha value is 0.420. The van der Waals surface area contributed by atoms with Crippen LogP contribution in [-0.2, 0) is 14.3 Å². The van der Waals surface area contributed by atoms with Gasteiger partial charge in [0.05, 0.1) is 0 Å². The Bertz CT molecular complexity index is 230. The summed E-state index contributed by atoms with van der Waals surface area (Å²) >= 11 is 9.32. The predicted octanol–water partition coefficient (Wildman–Crippen LogP) is 1.30. The highest BCUT2D eigenvalue weighted by atomic mass is 35.5. The molecule has 2 atom stereocenters. The van der Waals surface area contributed by atoms with Gasteiger partial charge in [-0.15, -0.1) is 35.1 Å². The summed E-state index contributed by atoms with van der Waals surface area (Å²) in [5.41, 5.74) is 0. The van der Waals surface area contributed by atoms with Gasteiger partial charge in [-0.1, -0.05) is 0 Å². The Balaban J connectivity index is 2.26. The zero-order chi connectivity index (χ0) is 9.47. The minimum absolute atomic E-state index is 0.365. The van der Waals surface area contributed by atoms with Gasteiger partial charge in [-0.2, -0.15) is 0 Å². The second-order valence-corrected chi connectivity index (χ2v) is 6.23. The van der Waals surface area contributed by atoms with Crippen LogP contribution in [0, 0.1) is 0 Å². The van der Waals surface area contributed by atoms with Crippen molar-refractivity contribution in [2.75, 3.05) is 18.6 Å². The average Bonchev–Trinajstić information content (AvgIpc) is 2.69. The van der Waals surface area contributed by atoms with Crippen LogP contribution in [-0.4, -0.2) is 40.3 Å². The fourth-order valence-electron chi connectivity index (χ4n) is 1.47. The summed E-state index contributed by atoms with van der Waals surface area (Å²) in [4.78, 5) is 11.2. The number of alkyl halides is 1. The lowest BCUT2D eigenvalue weighted by atomic mass is 10.3. The van der Waals surface area contributed by atoms with Gasteiger partial charge in [-0.3, -0.25) is 4.79 Å². The molecule has 0 aromatic carbocycles. The number of methoxy groups -OCH3 is 1. The summed E-state index contributed by atoms with van der Waals surface area (Å²) < 4.78 is 9.74. The molecule has 1 spiro atoms. The first-order chi connectivity index (χ1) is 6.20. The van der Waals surface area contributed by atoms with Crippen molar-refractivity contribution >= 4 is 41.1 Å². The van der Waals surface area contributed by atoms with E-state index in [1.807, 2.05) is 0 Å². The van der Waals surface area contributed by atoms with Gasteiger partial charge in [0, 0.05) is 18.6 Å². The molecule has 0 aromatic rings. The Morgan fingerprint density at radius 3 is 2.77 bits per heavy atom. The van der Waals surface area contributed by atoms with E-state index in [0.717, 1.165) is 11.5 Å². The first kappa shape index (κ1) is 9.96. The molecule has 0 aliphatic carbocycles. The third kappa shape index (κ3) is 1.37. The fourth-order valence-corrected chi connectivity index (χ4v) is 5.19. The number of carbonyl (C=O) groups excluding carboxylic acids is 1. The lowest BCUT2D eigenvalue weighted by Gasteiger charge is -2.26. The van der Waals surface area contributed by atoms with Crippen LogP contribution in [0.25, 0.3) is 0 Å². The van der Waals surface area contributed by atoms with Crippen molar-refractivity contribution in [3.05, 3.63) is 0 Å². The standard InChI is InChI=1S/C7H9ClO3S2/c1-10-6-7(12-2-3-13-7)4(8)5(9)11-6/h4,6H,2-3H2,1H3. The highest BCUT2D eigenvalue weighted by Crippen LogP contribution is 2.55. The molecule has 2 fully saturated rings. The summed E-state index contributed by atoms with van der Waals surface area (Å²) in [6.45, 7) is 0. The lowest BCUT2D eigenvalue weighted by molar-refractivity contribution is -0.157. The first-order valence-corrected chi connectivity index (χ1v) is 6.27. The molecule has 2 rings (SSSR count). The number of esters is 1. The van der Waals surface area contributed by atoms with Gasteiger partial charge in [-0.25, -0.2) is 0 Å². The van der Waals surface area contributed by atoms with Crippen molar-refractivity contribution in [1.29, 1.82) is 0 Å². The fraction of sp³-hybridized carbons (Fsp3) is 0.857. The Morgan fingerprint density at radius 1 is 1.62 bits per heavy atom. The Morgan fingerprint density at radius 2 is 2.23 bits per heavy atom. The smallest absolute Gasteiger partial charge is 0.329 e. The molecule has 3 nitrogen and oxygen atoms in total. The van der Waals surface area contributed by atoms with E-state index in [2.05, 4.69) is 0 Å². The maximum absolute atomic E-state index is 11.2. The monoisotopic (exact) mass is 240 g/mol. The van der Waals surface area contributed by atoms with E-state index in [1.165, 1.54) is 7.11 Å². The summed E-state index contributed by atoms with van der Waals surface area (Å²) in [5.74, 6) is 1.62. The number of carbonyl (C=O) groups is 1. The van der Waals surface area contributed by atoms with Crippen molar-refractivity contribution in [3.8, 4) is 0 Å². The lowest BCUT2D eigenvalue weighted by Crippen LogP contribution is -2.37. The number of cyclic esters (lactones) is 1. The van der Waals surface area contributed by atoms with Gasteiger partial charge in [0.15, 0.2) is 9.46 Å². The number of thioether (sulfide) groups is 2. The maximum atomic E-state index is 11.2. The summed E-state index contributed by atoms with van der Waals surface area (Å²) in [5, 5.41) is -0.588. The molecule has 0 saturated carbocycles. The van der Waals surface area contributed by atoms with Crippen LogP contribution in [0.1, 0.15) is 0 Å². The number of halogens is 1. The third-order valence-corrected chi connectivity index (χ3v) is 6.39. The van der Waals surface area contributed by atoms with Crippen molar-refractivity contribution in [2.24, 2.45) is 0 Å². The molecule has 6 heteroatoms. The van der Waals surface area contributed by atoms with Gasteiger partial charge in [0.2, 0.25) is 6.29 Å². The molecule has 2 aliphatic heterocycles. The number of hydrogen-bond donors (Lipinski definition) is 0. The van der Waals surface area contributed by atoms with Crippen molar-refractivity contribution in [2.45, 2.75) is 15.7 Å². The van der Waals surface area contributed by atoms with Crippen LogP contribution in [0.2, 0.25) is 0 Å². The summed E-state index contributed by atoms with van der Waals surface area (Å²) in [6, 6.07) is 0. The van der Waals surface area contributed by atoms with Crippen LogP contribution in [0.15, 0.2) is 0 Å². The second kappa shape index (κ2) is 3.53. The molecule has 0 aromatic heterocycles. The molecule has 2 saturated heterocycles. The minimum atomic E-state index is -0.588. The number of ether oxygens (including phenoxy) is 2. The molecule has 2 aliphatic rings. The number of hydrogen-bond acceptors (Lipinski definition) is 5. The molecular formula is C7H9ClO3S2. The summed E-state index contributed by atoms with van der Waals surface area (Å²) in [6.07, 6.45) is -0.500. The quantitative estimate of drug-likeness (QED) is 0.510. The topological polar surface area (TPSA) is 35.5 Å². The van der Waals surface area contributed by atoms with E-state index < -0.39 is 15.7 Å². The van der Waals surface area contributed by atoms with E-state index in [1.54, 1.807) is 23.5 Å². The minimum Gasteiger partial charge on any atom is -0.432 e. The molecule has 0 bridgehead atoms. The number of rotatable bonds is 1. The van der Waals surface area contributed by atoms with Gasteiger partial charge in [0.1, 0.15) is 0 Å². The second-order valence-electron chi connectivity index (χ2n) is 2.79. The van der Waals surface area contributed by atoms with Gasteiger partial charge in [0.25, 0.3) is 0 Å². The third-order valence-electron chi connectivity index (χ3n) is 2.06. The van der Waals surface area contributed by atoms with E-state index in [4.69, 9.17) is 21.1 Å². The zero-order valence-electron chi connectivity index (χ0n) is 6.99. The van der Waals surface area contributed by atoms with Crippen LogP contribution >= 0.6 is 35.1 Å². The van der Waals surface area contributed by atoms with E-state index in [-0.39, 0.29) is 5.97 Å². The zero-order valence-corrected chi connectivity index (χ0v) is 9.38. The molecule has 2 unspecified atom stereocenters. The molecule has 0 amide bonds. The van der Waals surface area contributed by atoms with Gasteiger partial charge < -0.3 is 9.47 Å². The highest BCUT2D eigenvalue weighted by Gasteiger charge is 2.60. The molecule has 13 heavy (non-hydrogen) atoms. The van der Waals surface area contributed by atoms with Crippen molar-refractivity contribution < 1.29 is 14.3 Å².